The van der Waals surface area contributed by atoms with E-state index in [2.05, 4.69) is 15.5 Å². The van der Waals surface area contributed by atoms with Gasteiger partial charge in [0.1, 0.15) is 11.6 Å². The Bertz CT molecular complexity index is 579. The SMILES string of the molecule is Cc1ccc(C(=O)NCc2cn[nH]c2N)cc1F. The molecule has 5 nitrogen and oxygen atoms in total. The second-order valence-corrected chi connectivity index (χ2v) is 3.96. The molecule has 0 saturated heterocycles. The third-order valence-electron chi connectivity index (χ3n) is 2.62. The highest BCUT2D eigenvalue weighted by molar-refractivity contribution is 5.94. The highest BCUT2D eigenvalue weighted by Gasteiger charge is 2.09. The van der Waals surface area contributed by atoms with Crippen LogP contribution in [0.3, 0.4) is 0 Å². The van der Waals surface area contributed by atoms with Gasteiger partial charge in [0.2, 0.25) is 0 Å². The highest BCUT2D eigenvalue weighted by Crippen LogP contribution is 2.10. The van der Waals surface area contributed by atoms with Gasteiger partial charge in [0.05, 0.1) is 6.20 Å². The van der Waals surface area contributed by atoms with Crippen molar-refractivity contribution >= 4 is 11.7 Å². The highest BCUT2D eigenvalue weighted by atomic mass is 19.1. The summed E-state index contributed by atoms with van der Waals surface area (Å²) in [4.78, 5) is 11.8. The largest absolute Gasteiger partial charge is 0.384 e. The lowest BCUT2D eigenvalue weighted by Crippen LogP contribution is -2.23. The maximum Gasteiger partial charge on any atom is 0.251 e. The monoisotopic (exact) mass is 248 g/mol. The summed E-state index contributed by atoms with van der Waals surface area (Å²) in [5.41, 5.74) is 7.05. The van der Waals surface area contributed by atoms with E-state index in [1.807, 2.05) is 0 Å². The zero-order valence-electron chi connectivity index (χ0n) is 9.83. The third-order valence-corrected chi connectivity index (χ3v) is 2.62. The van der Waals surface area contributed by atoms with E-state index in [9.17, 15) is 9.18 Å². The lowest BCUT2D eigenvalue weighted by atomic mass is 10.1. The Morgan fingerprint density at radius 2 is 2.33 bits per heavy atom. The molecule has 0 spiro atoms. The molecular weight excluding hydrogens is 235 g/mol. The van der Waals surface area contributed by atoms with E-state index in [0.717, 1.165) is 0 Å². The summed E-state index contributed by atoms with van der Waals surface area (Å²) in [6, 6.07) is 4.35. The molecule has 0 aliphatic carbocycles. The molecule has 1 amide bonds. The van der Waals surface area contributed by atoms with Crippen LogP contribution in [0.15, 0.2) is 24.4 Å². The number of anilines is 1. The molecule has 0 aliphatic rings. The molecule has 0 bridgehead atoms. The topological polar surface area (TPSA) is 83.8 Å². The van der Waals surface area contributed by atoms with E-state index in [-0.39, 0.29) is 18.0 Å². The number of rotatable bonds is 3. The molecular formula is C12H13FN4O. The van der Waals surface area contributed by atoms with Crippen LogP contribution in [0.25, 0.3) is 0 Å². The van der Waals surface area contributed by atoms with Gasteiger partial charge < -0.3 is 11.1 Å². The second-order valence-electron chi connectivity index (χ2n) is 3.96. The predicted octanol–water partition coefficient (Wildman–Crippen LogP) is 1.37. The van der Waals surface area contributed by atoms with Gasteiger partial charge in [-0.15, -0.1) is 0 Å². The number of aromatic nitrogens is 2. The van der Waals surface area contributed by atoms with Crippen molar-refractivity contribution in [2.75, 3.05) is 5.73 Å². The number of nitrogen functional groups attached to an aromatic ring is 1. The van der Waals surface area contributed by atoms with Crippen LogP contribution in [-0.2, 0) is 6.54 Å². The number of aryl methyl sites for hydroxylation is 1. The smallest absolute Gasteiger partial charge is 0.251 e. The second kappa shape index (κ2) is 4.87. The number of nitrogens with one attached hydrogen (secondary N) is 2. The maximum absolute atomic E-state index is 13.3. The minimum absolute atomic E-state index is 0.247. The zero-order chi connectivity index (χ0) is 13.1. The van der Waals surface area contributed by atoms with Gasteiger partial charge in [-0.3, -0.25) is 9.89 Å². The van der Waals surface area contributed by atoms with Gasteiger partial charge in [0.15, 0.2) is 0 Å². The average Bonchev–Trinajstić information content (AvgIpc) is 2.75. The van der Waals surface area contributed by atoms with Crippen LogP contribution in [0.5, 0.6) is 0 Å². The van der Waals surface area contributed by atoms with Gasteiger partial charge >= 0.3 is 0 Å². The molecule has 4 N–H and O–H groups in total. The van der Waals surface area contributed by atoms with Crippen molar-refractivity contribution in [3.05, 3.63) is 46.9 Å². The lowest BCUT2D eigenvalue weighted by molar-refractivity contribution is 0.0950. The minimum atomic E-state index is -0.398. The molecule has 2 aromatic rings. The summed E-state index contributed by atoms with van der Waals surface area (Å²) in [5, 5.41) is 8.95. The lowest BCUT2D eigenvalue weighted by Gasteiger charge is -2.05. The number of nitrogens with zero attached hydrogens (tertiary/aromatic N) is 1. The van der Waals surface area contributed by atoms with Crippen molar-refractivity contribution in [2.24, 2.45) is 0 Å². The van der Waals surface area contributed by atoms with Crippen LogP contribution in [0.2, 0.25) is 0 Å². The van der Waals surface area contributed by atoms with Gasteiger partial charge in [-0.1, -0.05) is 6.07 Å². The molecule has 94 valence electrons. The molecule has 6 heteroatoms. The standard InChI is InChI=1S/C12H13FN4O/c1-7-2-3-8(4-10(7)13)12(18)15-5-9-6-16-17-11(9)14/h2-4,6H,5H2,1H3,(H,15,18)(H3,14,16,17). The summed E-state index contributed by atoms with van der Waals surface area (Å²) >= 11 is 0. The van der Waals surface area contributed by atoms with E-state index < -0.39 is 5.82 Å². The number of carbonyl (C=O) groups is 1. The summed E-state index contributed by atoms with van der Waals surface area (Å²) in [6.07, 6.45) is 1.53. The van der Waals surface area contributed by atoms with Crippen molar-refractivity contribution in [2.45, 2.75) is 13.5 Å². The number of nitrogens with two attached hydrogens (primary N) is 1. The van der Waals surface area contributed by atoms with E-state index in [0.29, 0.717) is 16.9 Å². The summed E-state index contributed by atoms with van der Waals surface area (Å²) < 4.78 is 13.3. The first-order valence-corrected chi connectivity index (χ1v) is 5.40. The van der Waals surface area contributed by atoms with Gasteiger partial charge in [0, 0.05) is 17.7 Å². The predicted molar refractivity (Wildman–Crippen MR) is 65.3 cm³/mol. The van der Waals surface area contributed by atoms with Gasteiger partial charge in [-0.25, -0.2) is 4.39 Å². The Morgan fingerprint density at radius 3 is 2.94 bits per heavy atom. The van der Waals surface area contributed by atoms with Crippen molar-refractivity contribution in [1.82, 2.24) is 15.5 Å². The number of halogens is 1. The average molecular weight is 248 g/mol. The van der Waals surface area contributed by atoms with Crippen LogP contribution in [0.1, 0.15) is 21.5 Å². The molecule has 0 atom stereocenters. The first-order chi connectivity index (χ1) is 8.58. The number of carbonyl (C=O) groups excluding carboxylic acids is 1. The maximum atomic E-state index is 13.3. The van der Waals surface area contributed by atoms with Gasteiger partial charge in [0.25, 0.3) is 5.91 Å². The van der Waals surface area contributed by atoms with Crippen LogP contribution in [0.4, 0.5) is 10.2 Å². The summed E-state index contributed by atoms with van der Waals surface area (Å²) in [7, 11) is 0. The normalized spacial score (nSPS) is 10.3. The first kappa shape index (κ1) is 12.1. The molecule has 1 aromatic carbocycles. The van der Waals surface area contributed by atoms with Crippen molar-refractivity contribution in [3.63, 3.8) is 0 Å². The van der Waals surface area contributed by atoms with Crippen molar-refractivity contribution in [1.29, 1.82) is 0 Å². The third kappa shape index (κ3) is 2.48. The number of amides is 1. The Morgan fingerprint density at radius 1 is 1.56 bits per heavy atom. The van der Waals surface area contributed by atoms with Crippen LogP contribution >= 0.6 is 0 Å². The number of H-pyrrole nitrogens is 1. The quantitative estimate of drug-likeness (QED) is 0.767. The fourth-order valence-electron chi connectivity index (χ4n) is 1.47. The van der Waals surface area contributed by atoms with Gasteiger partial charge in [-0.05, 0) is 24.6 Å². The van der Waals surface area contributed by atoms with Crippen molar-refractivity contribution in [3.8, 4) is 0 Å². The van der Waals surface area contributed by atoms with E-state index >= 15 is 0 Å². The molecule has 18 heavy (non-hydrogen) atoms. The molecule has 0 aliphatic heterocycles. The first-order valence-electron chi connectivity index (χ1n) is 5.40. The summed E-state index contributed by atoms with van der Waals surface area (Å²) in [6.45, 7) is 1.89. The van der Waals surface area contributed by atoms with E-state index in [1.165, 1.54) is 12.3 Å². The minimum Gasteiger partial charge on any atom is -0.384 e. The molecule has 1 aromatic heterocycles. The van der Waals surface area contributed by atoms with E-state index in [1.54, 1.807) is 19.1 Å². The van der Waals surface area contributed by atoms with Crippen molar-refractivity contribution < 1.29 is 9.18 Å². The Labute approximate surface area is 103 Å². The van der Waals surface area contributed by atoms with Crippen LogP contribution in [0, 0.1) is 12.7 Å². The number of hydrogen-bond donors (Lipinski definition) is 3. The van der Waals surface area contributed by atoms with Gasteiger partial charge in [-0.2, -0.15) is 5.10 Å². The van der Waals surface area contributed by atoms with Crippen LogP contribution in [-0.4, -0.2) is 16.1 Å². The number of hydrogen-bond acceptors (Lipinski definition) is 3. The molecule has 0 fully saturated rings. The Hall–Kier alpha value is -2.37. The van der Waals surface area contributed by atoms with E-state index in [4.69, 9.17) is 5.73 Å². The van der Waals surface area contributed by atoms with Crippen LogP contribution < -0.4 is 11.1 Å². The molecule has 0 unspecified atom stereocenters. The zero-order valence-corrected chi connectivity index (χ0v) is 9.83. The Balaban J connectivity index is 2.04. The fraction of sp³-hybridized carbons (Fsp3) is 0.167. The fourth-order valence-corrected chi connectivity index (χ4v) is 1.47. The molecule has 0 radical (unpaired) electrons. The number of aromatic amines is 1. The Kier molecular flexibility index (Phi) is 3.27. The summed E-state index contributed by atoms with van der Waals surface area (Å²) in [5.74, 6) is -0.342. The molecule has 2 rings (SSSR count). The molecule has 0 saturated carbocycles. The number of benzene rings is 1. The molecule has 1 heterocycles.